The third kappa shape index (κ3) is 3.01. The summed E-state index contributed by atoms with van der Waals surface area (Å²) in [5.41, 5.74) is 2.97. The van der Waals surface area contributed by atoms with Crippen LogP contribution in [0.3, 0.4) is 0 Å². The van der Waals surface area contributed by atoms with Crippen molar-refractivity contribution >= 4 is 28.7 Å². The van der Waals surface area contributed by atoms with Gasteiger partial charge in [0.1, 0.15) is 17.4 Å². The quantitative estimate of drug-likeness (QED) is 0.617. The van der Waals surface area contributed by atoms with E-state index in [2.05, 4.69) is 21.7 Å². The Morgan fingerprint density at radius 1 is 1.25 bits per heavy atom. The zero-order valence-corrected chi connectivity index (χ0v) is 14.9. The second kappa shape index (κ2) is 6.67. The number of phenols is 1. The first-order valence-electron chi connectivity index (χ1n) is 8.54. The average molecular weight is 374 g/mol. The molecule has 0 saturated carbocycles. The summed E-state index contributed by atoms with van der Waals surface area (Å²) in [7, 11) is 0. The first-order valence-corrected chi connectivity index (χ1v) is 8.54. The Balaban J connectivity index is 1.77. The fraction of sp³-hybridized carbons (Fsp3) is 0.0952. The Morgan fingerprint density at radius 3 is 2.86 bits per heavy atom. The van der Waals surface area contributed by atoms with Crippen LogP contribution in [0.25, 0.3) is 0 Å². The third-order valence-corrected chi connectivity index (χ3v) is 4.62. The number of Topliss-reactive ketones (excluding diaryl/α,β-unsaturated/α-hetero) is 1. The van der Waals surface area contributed by atoms with Crippen molar-refractivity contribution < 1.29 is 14.3 Å². The van der Waals surface area contributed by atoms with Crippen molar-refractivity contribution in [2.75, 3.05) is 10.6 Å². The number of carbonyl (C=O) groups is 1. The Hall–Kier alpha value is -3.92. The van der Waals surface area contributed by atoms with Crippen LogP contribution in [0.1, 0.15) is 27.0 Å². The van der Waals surface area contributed by atoms with Crippen molar-refractivity contribution in [2.24, 2.45) is 0 Å². The second-order valence-corrected chi connectivity index (χ2v) is 6.53. The van der Waals surface area contributed by atoms with Crippen molar-refractivity contribution in [3.63, 3.8) is 0 Å². The van der Waals surface area contributed by atoms with E-state index in [0.29, 0.717) is 33.9 Å². The van der Waals surface area contributed by atoms with Gasteiger partial charge in [0.25, 0.3) is 0 Å². The molecule has 0 unspecified atom stereocenters. The Kier molecular flexibility index (Phi) is 4.17. The molecule has 0 bridgehead atoms. The molecule has 0 radical (unpaired) electrons. The van der Waals surface area contributed by atoms with E-state index in [4.69, 9.17) is 5.26 Å². The molecule has 1 aromatic heterocycles. The molecular weight excluding hydrogens is 359 g/mol. The van der Waals surface area contributed by atoms with E-state index >= 15 is 0 Å². The highest BCUT2D eigenvalue weighted by Crippen LogP contribution is 2.35. The zero-order valence-electron chi connectivity index (χ0n) is 14.9. The van der Waals surface area contributed by atoms with Gasteiger partial charge in [0.15, 0.2) is 5.78 Å². The lowest BCUT2D eigenvalue weighted by Gasteiger charge is -2.14. The molecule has 2 aromatic carbocycles. The maximum Gasteiger partial charge on any atom is 0.173 e. The van der Waals surface area contributed by atoms with Gasteiger partial charge in [-0.25, -0.2) is 9.37 Å². The number of nitrogens with one attached hydrogen (secondary N) is 2. The number of hydrogen-bond acceptors (Lipinski definition) is 6. The number of pyridine rings is 1. The molecule has 28 heavy (non-hydrogen) atoms. The van der Waals surface area contributed by atoms with Gasteiger partial charge in [0.05, 0.1) is 28.6 Å². The molecule has 0 spiro atoms. The van der Waals surface area contributed by atoms with Gasteiger partial charge in [0, 0.05) is 24.4 Å². The van der Waals surface area contributed by atoms with Crippen LogP contribution in [-0.4, -0.2) is 15.9 Å². The number of carbonyl (C=O) groups excluding carboxylic acids is 1. The third-order valence-electron chi connectivity index (χ3n) is 4.62. The average Bonchev–Trinajstić information content (AvgIpc) is 2.81. The van der Waals surface area contributed by atoms with E-state index in [1.54, 1.807) is 31.2 Å². The standard InChI is InChI=1S/C21H15FN4O2/c1-11-6-14(22)17(9-18(11)27)25-16-4-5-24-21-20(16)19(28)8-13-7-12(10-23)2-3-15(13)26-21/h2-7,9,27H,8H2,1H3,(H2,24,25,26). The molecule has 0 amide bonds. The van der Waals surface area contributed by atoms with Crippen molar-refractivity contribution in [3.8, 4) is 11.8 Å². The summed E-state index contributed by atoms with van der Waals surface area (Å²) in [6, 6.07) is 11.2. The number of benzene rings is 2. The number of halogens is 1. The molecule has 7 heteroatoms. The van der Waals surface area contributed by atoms with Gasteiger partial charge < -0.3 is 15.7 Å². The molecule has 6 nitrogen and oxygen atoms in total. The van der Waals surface area contributed by atoms with Gasteiger partial charge in [-0.3, -0.25) is 4.79 Å². The minimum absolute atomic E-state index is 0.0510. The van der Waals surface area contributed by atoms with Gasteiger partial charge in [-0.1, -0.05) is 0 Å². The second-order valence-electron chi connectivity index (χ2n) is 6.53. The summed E-state index contributed by atoms with van der Waals surface area (Å²) in [4.78, 5) is 17.2. The highest BCUT2D eigenvalue weighted by atomic mass is 19.1. The Morgan fingerprint density at radius 2 is 2.07 bits per heavy atom. The summed E-state index contributed by atoms with van der Waals surface area (Å²) in [5.74, 6) is -0.472. The van der Waals surface area contributed by atoms with E-state index in [0.717, 1.165) is 0 Å². The van der Waals surface area contributed by atoms with Gasteiger partial charge in [-0.05, 0) is 48.4 Å². The summed E-state index contributed by atoms with van der Waals surface area (Å²) in [6.45, 7) is 1.60. The minimum atomic E-state index is -0.545. The van der Waals surface area contributed by atoms with Gasteiger partial charge >= 0.3 is 0 Å². The SMILES string of the molecule is Cc1cc(F)c(Nc2ccnc3c2C(=O)Cc2cc(C#N)ccc2N3)cc1O. The topological polar surface area (TPSA) is 98.0 Å². The van der Waals surface area contributed by atoms with E-state index < -0.39 is 5.82 Å². The van der Waals surface area contributed by atoms with Crippen LogP contribution in [0.5, 0.6) is 5.75 Å². The first-order chi connectivity index (χ1) is 13.5. The van der Waals surface area contributed by atoms with Crippen LogP contribution < -0.4 is 10.6 Å². The van der Waals surface area contributed by atoms with E-state index in [9.17, 15) is 14.3 Å². The van der Waals surface area contributed by atoms with Crippen molar-refractivity contribution in [1.29, 1.82) is 5.26 Å². The monoisotopic (exact) mass is 374 g/mol. The van der Waals surface area contributed by atoms with Crippen LogP contribution in [0, 0.1) is 24.1 Å². The lowest BCUT2D eigenvalue weighted by Crippen LogP contribution is -2.08. The predicted molar refractivity (Wildman–Crippen MR) is 103 cm³/mol. The molecule has 2 heterocycles. The summed E-state index contributed by atoms with van der Waals surface area (Å²) in [5, 5.41) is 25.0. The molecule has 0 saturated heterocycles. The number of hydrogen-bond donors (Lipinski definition) is 3. The molecule has 3 aromatic rings. The van der Waals surface area contributed by atoms with Crippen LogP contribution >= 0.6 is 0 Å². The number of aryl methyl sites for hydroxylation is 1. The maximum atomic E-state index is 14.3. The highest BCUT2D eigenvalue weighted by Gasteiger charge is 2.24. The molecule has 1 aliphatic heterocycles. The highest BCUT2D eigenvalue weighted by molar-refractivity contribution is 6.09. The van der Waals surface area contributed by atoms with E-state index in [1.807, 2.05) is 0 Å². The minimum Gasteiger partial charge on any atom is -0.508 e. The molecule has 4 rings (SSSR count). The molecule has 1 aliphatic rings. The molecular formula is C21H15FN4O2. The lowest BCUT2D eigenvalue weighted by molar-refractivity contribution is 0.0995. The summed E-state index contributed by atoms with van der Waals surface area (Å²) >= 11 is 0. The molecule has 3 N–H and O–H groups in total. The van der Waals surface area contributed by atoms with Crippen LogP contribution in [0.2, 0.25) is 0 Å². The molecule has 0 atom stereocenters. The number of nitrogens with zero attached hydrogens (tertiary/aromatic N) is 2. The summed E-state index contributed by atoms with van der Waals surface area (Å²) < 4.78 is 14.3. The van der Waals surface area contributed by atoms with Crippen molar-refractivity contribution in [2.45, 2.75) is 13.3 Å². The molecule has 0 aliphatic carbocycles. The van der Waals surface area contributed by atoms with Gasteiger partial charge in [-0.2, -0.15) is 5.26 Å². The van der Waals surface area contributed by atoms with Crippen molar-refractivity contribution in [1.82, 2.24) is 4.98 Å². The smallest absolute Gasteiger partial charge is 0.173 e. The Bertz CT molecular complexity index is 1170. The lowest BCUT2D eigenvalue weighted by atomic mass is 10.0. The predicted octanol–water partition coefficient (Wildman–Crippen LogP) is 4.33. The van der Waals surface area contributed by atoms with E-state index in [-0.39, 0.29) is 29.2 Å². The summed E-state index contributed by atoms with van der Waals surface area (Å²) in [6.07, 6.45) is 1.58. The normalized spacial score (nSPS) is 12.2. The fourth-order valence-electron chi connectivity index (χ4n) is 3.17. The van der Waals surface area contributed by atoms with E-state index in [1.165, 1.54) is 18.3 Å². The molecule has 0 fully saturated rings. The number of ketones is 1. The number of phenolic OH excluding ortho intramolecular Hbond substituents is 1. The van der Waals surface area contributed by atoms with Gasteiger partial charge in [0.2, 0.25) is 0 Å². The van der Waals surface area contributed by atoms with Crippen LogP contribution in [-0.2, 0) is 6.42 Å². The number of aromatic hydroxyl groups is 1. The number of anilines is 4. The first kappa shape index (κ1) is 17.5. The number of rotatable bonds is 2. The molecule has 138 valence electrons. The van der Waals surface area contributed by atoms with Crippen LogP contribution in [0.4, 0.5) is 27.3 Å². The maximum absolute atomic E-state index is 14.3. The van der Waals surface area contributed by atoms with Crippen LogP contribution in [0.15, 0.2) is 42.6 Å². The number of aromatic nitrogens is 1. The zero-order chi connectivity index (χ0) is 19.8. The van der Waals surface area contributed by atoms with Gasteiger partial charge in [-0.15, -0.1) is 0 Å². The number of nitriles is 1. The largest absolute Gasteiger partial charge is 0.508 e. The number of fused-ring (bicyclic) bond motifs is 2. The van der Waals surface area contributed by atoms with Crippen molar-refractivity contribution in [3.05, 3.63) is 70.7 Å². The fourth-order valence-corrected chi connectivity index (χ4v) is 3.17. The Labute approximate surface area is 160 Å².